The third-order valence-corrected chi connectivity index (χ3v) is 6.88. The summed E-state index contributed by atoms with van der Waals surface area (Å²) in [6.45, 7) is 0.366. The van der Waals surface area contributed by atoms with E-state index in [1.807, 2.05) is 0 Å². The molecule has 3 rings (SSSR count). The van der Waals surface area contributed by atoms with E-state index < -0.39 is 15.8 Å². The van der Waals surface area contributed by atoms with Crippen LogP contribution in [0.5, 0.6) is 0 Å². The maximum Gasteiger partial charge on any atom is 0.222 e. The van der Waals surface area contributed by atoms with Crippen molar-refractivity contribution in [2.45, 2.75) is 15.6 Å². The lowest BCUT2D eigenvalue weighted by atomic mass is 10.2. The van der Waals surface area contributed by atoms with Gasteiger partial charge >= 0.3 is 0 Å². The quantitative estimate of drug-likeness (QED) is 0.666. The van der Waals surface area contributed by atoms with Crippen molar-refractivity contribution in [1.82, 2.24) is 15.3 Å². The normalized spacial score (nSPS) is 11.6. The Hall–Kier alpha value is -1.87. The zero-order valence-electron chi connectivity index (χ0n) is 13.0. The molecule has 9 heteroatoms. The second-order valence-electron chi connectivity index (χ2n) is 5.08. The van der Waals surface area contributed by atoms with Crippen molar-refractivity contribution in [3.63, 3.8) is 0 Å². The Labute approximate surface area is 153 Å². The second-order valence-corrected chi connectivity index (χ2v) is 8.74. The second kappa shape index (κ2) is 7.17. The summed E-state index contributed by atoms with van der Waals surface area (Å²) in [6.07, 6.45) is 1.30. The van der Waals surface area contributed by atoms with Crippen molar-refractivity contribution in [2.75, 3.05) is 7.05 Å². The molecular formula is C16H13ClFN3O2S2. The summed E-state index contributed by atoms with van der Waals surface area (Å²) in [6, 6.07) is 8.93. The average molecular weight is 398 g/mol. The largest absolute Gasteiger partial charge is 0.314 e. The number of thiazole rings is 1. The van der Waals surface area contributed by atoms with Crippen LogP contribution in [0.15, 0.2) is 51.7 Å². The summed E-state index contributed by atoms with van der Waals surface area (Å²) in [4.78, 5) is 7.93. The minimum absolute atomic E-state index is 0.0326. The van der Waals surface area contributed by atoms with Gasteiger partial charge in [-0.3, -0.25) is 0 Å². The molecule has 1 N–H and O–H groups in total. The number of nitrogens with zero attached hydrogens (tertiary/aromatic N) is 2. The zero-order chi connectivity index (χ0) is 18.0. The molecule has 0 spiro atoms. The van der Waals surface area contributed by atoms with E-state index in [1.54, 1.807) is 19.2 Å². The van der Waals surface area contributed by atoms with E-state index in [0.29, 0.717) is 16.6 Å². The number of sulfone groups is 1. The Morgan fingerprint density at radius 3 is 2.76 bits per heavy atom. The highest BCUT2D eigenvalue weighted by atomic mass is 35.5. The van der Waals surface area contributed by atoms with E-state index >= 15 is 0 Å². The van der Waals surface area contributed by atoms with Gasteiger partial charge in [-0.05, 0) is 37.4 Å². The maximum absolute atomic E-state index is 14.1. The maximum atomic E-state index is 14.1. The number of hydrogen-bond donors (Lipinski definition) is 1. The molecule has 0 saturated heterocycles. The van der Waals surface area contributed by atoms with E-state index in [2.05, 4.69) is 15.3 Å². The Bertz CT molecular complexity index is 1020. The zero-order valence-corrected chi connectivity index (χ0v) is 15.4. The van der Waals surface area contributed by atoms with Crippen LogP contribution in [-0.4, -0.2) is 25.4 Å². The molecule has 5 nitrogen and oxygen atoms in total. The highest BCUT2D eigenvalue weighted by Gasteiger charge is 2.28. The smallest absolute Gasteiger partial charge is 0.222 e. The third kappa shape index (κ3) is 3.57. The van der Waals surface area contributed by atoms with Crippen LogP contribution in [0, 0.1) is 5.95 Å². The highest BCUT2D eigenvalue weighted by molar-refractivity contribution is 7.93. The van der Waals surface area contributed by atoms with Crippen LogP contribution in [0.4, 0.5) is 4.39 Å². The number of aromatic nitrogens is 2. The molecule has 0 saturated carbocycles. The summed E-state index contributed by atoms with van der Waals surface area (Å²) in [7, 11) is -2.19. The molecule has 0 aliphatic rings. The lowest BCUT2D eigenvalue weighted by Gasteiger charge is -2.05. The first-order valence-electron chi connectivity index (χ1n) is 7.19. The summed E-state index contributed by atoms with van der Waals surface area (Å²) in [5.74, 6) is -0.772. The van der Waals surface area contributed by atoms with E-state index in [1.165, 1.54) is 30.5 Å². The number of hydrogen-bond acceptors (Lipinski definition) is 6. The summed E-state index contributed by atoms with van der Waals surface area (Å²) in [5, 5.41) is 3.74. The minimum Gasteiger partial charge on any atom is -0.314 e. The van der Waals surface area contributed by atoms with Gasteiger partial charge < -0.3 is 5.32 Å². The van der Waals surface area contributed by atoms with Crippen LogP contribution in [0.1, 0.15) is 5.01 Å². The van der Waals surface area contributed by atoms with E-state index in [9.17, 15) is 12.8 Å². The molecule has 0 radical (unpaired) electrons. The van der Waals surface area contributed by atoms with Crippen molar-refractivity contribution >= 4 is 32.8 Å². The van der Waals surface area contributed by atoms with E-state index in [4.69, 9.17) is 11.6 Å². The van der Waals surface area contributed by atoms with Gasteiger partial charge in [-0.2, -0.15) is 4.39 Å². The average Bonchev–Trinajstić information content (AvgIpc) is 3.00. The third-order valence-electron chi connectivity index (χ3n) is 3.33. The molecule has 3 aromatic rings. The van der Waals surface area contributed by atoms with Crippen LogP contribution in [0.3, 0.4) is 0 Å². The van der Waals surface area contributed by atoms with E-state index in [0.717, 1.165) is 11.3 Å². The topological polar surface area (TPSA) is 72.0 Å². The Balaban J connectivity index is 2.23. The molecule has 25 heavy (non-hydrogen) atoms. The summed E-state index contributed by atoms with van der Waals surface area (Å²) < 4.78 is 40.2. The minimum atomic E-state index is -3.91. The Kier molecular flexibility index (Phi) is 5.14. The molecule has 2 aromatic heterocycles. The first kappa shape index (κ1) is 17.9. The van der Waals surface area contributed by atoms with Crippen molar-refractivity contribution in [3.8, 4) is 11.3 Å². The van der Waals surface area contributed by atoms with Crippen LogP contribution in [0.2, 0.25) is 5.02 Å². The predicted octanol–water partition coefficient (Wildman–Crippen LogP) is 3.55. The lowest BCUT2D eigenvalue weighted by molar-refractivity contribution is 0.586. The number of benzene rings is 1. The fraction of sp³-hybridized carbons (Fsp3) is 0.125. The molecule has 0 unspecified atom stereocenters. The fourth-order valence-electron chi connectivity index (χ4n) is 2.23. The fourth-order valence-corrected chi connectivity index (χ4v) is 5.49. The van der Waals surface area contributed by atoms with Crippen molar-refractivity contribution in [3.05, 3.63) is 58.6 Å². The van der Waals surface area contributed by atoms with Crippen molar-refractivity contribution in [2.24, 2.45) is 0 Å². The molecule has 0 fully saturated rings. The van der Waals surface area contributed by atoms with E-state index in [-0.39, 0.29) is 20.4 Å². The molecule has 0 amide bonds. The molecule has 1 aromatic carbocycles. The summed E-state index contributed by atoms with van der Waals surface area (Å²) >= 11 is 6.91. The predicted molar refractivity (Wildman–Crippen MR) is 95.0 cm³/mol. The van der Waals surface area contributed by atoms with Crippen LogP contribution >= 0.6 is 22.9 Å². The summed E-state index contributed by atoms with van der Waals surface area (Å²) in [5.41, 5.74) is 0.0996. The lowest BCUT2D eigenvalue weighted by Crippen LogP contribution is -2.04. The van der Waals surface area contributed by atoms with Crippen molar-refractivity contribution in [1.29, 1.82) is 0 Å². The SMILES string of the molecule is CNCc1nc(-c2cccnc2F)c(S(=O)(=O)c2cccc(Cl)c2)s1. The number of halogens is 2. The van der Waals surface area contributed by atoms with Gasteiger partial charge in [-0.1, -0.05) is 17.7 Å². The van der Waals surface area contributed by atoms with Gasteiger partial charge in [0, 0.05) is 17.8 Å². The molecule has 0 aliphatic heterocycles. The van der Waals surface area contributed by atoms with Gasteiger partial charge in [0.15, 0.2) is 4.21 Å². The first-order chi connectivity index (χ1) is 11.9. The van der Waals surface area contributed by atoms with Crippen LogP contribution < -0.4 is 5.32 Å². The van der Waals surface area contributed by atoms with Gasteiger partial charge in [0.2, 0.25) is 15.8 Å². The molecule has 130 valence electrons. The van der Waals surface area contributed by atoms with Gasteiger partial charge in [0.05, 0.1) is 10.5 Å². The molecule has 2 heterocycles. The van der Waals surface area contributed by atoms with Gasteiger partial charge in [0.25, 0.3) is 0 Å². The van der Waals surface area contributed by atoms with Gasteiger partial charge in [0.1, 0.15) is 10.7 Å². The van der Waals surface area contributed by atoms with Gasteiger partial charge in [-0.25, -0.2) is 18.4 Å². The highest BCUT2D eigenvalue weighted by Crippen LogP contribution is 2.37. The molecular weight excluding hydrogens is 385 g/mol. The molecule has 0 bridgehead atoms. The Morgan fingerprint density at radius 1 is 1.28 bits per heavy atom. The van der Waals surface area contributed by atoms with Gasteiger partial charge in [-0.15, -0.1) is 11.3 Å². The monoisotopic (exact) mass is 397 g/mol. The standard InChI is InChI=1S/C16H13ClFN3O2S2/c1-19-9-13-21-14(12-6-3-7-20-15(12)18)16(24-13)25(22,23)11-5-2-4-10(17)8-11/h2-8,19H,9H2,1H3. The van der Waals surface area contributed by atoms with Crippen LogP contribution in [0.25, 0.3) is 11.3 Å². The molecule has 0 atom stereocenters. The first-order valence-corrected chi connectivity index (χ1v) is 9.87. The number of rotatable bonds is 5. The van der Waals surface area contributed by atoms with Crippen molar-refractivity contribution < 1.29 is 12.8 Å². The number of nitrogens with one attached hydrogen (secondary N) is 1. The molecule has 0 aliphatic carbocycles. The Morgan fingerprint density at radius 2 is 2.08 bits per heavy atom. The number of pyridine rings is 1. The van der Waals surface area contributed by atoms with Crippen LogP contribution in [-0.2, 0) is 16.4 Å².